The van der Waals surface area contributed by atoms with E-state index in [1.807, 2.05) is 0 Å². The van der Waals surface area contributed by atoms with E-state index in [4.69, 9.17) is 0 Å². The van der Waals surface area contributed by atoms with Gasteiger partial charge in [0.25, 0.3) is 0 Å². The number of rotatable bonds is 4. The summed E-state index contributed by atoms with van der Waals surface area (Å²) >= 11 is 0. The first kappa shape index (κ1) is 17.4. The number of hydrogen-bond acceptors (Lipinski definition) is 5. The molecule has 8 nitrogen and oxygen atoms in total. The topological polar surface area (TPSA) is 121 Å². The minimum Gasteiger partial charge on any atom is -0.480 e. The second kappa shape index (κ2) is 5.55. The van der Waals surface area contributed by atoms with Gasteiger partial charge in [0, 0.05) is 0 Å². The van der Waals surface area contributed by atoms with E-state index in [0.29, 0.717) is 0 Å². The lowest BCUT2D eigenvalue weighted by Gasteiger charge is -2.42. The number of sulfone groups is 1. The molecule has 2 amide bonds. The minimum atomic E-state index is -3.95. The third-order valence-corrected chi connectivity index (χ3v) is 7.65. The zero-order valence-electron chi connectivity index (χ0n) is 13.7. The number of fused-ring (bicyclic) bond motifs is 1. The van der Waals surface area contributed by atoms with Crippen LogP contribution in [0.5, 0.6) is 0 Å². The predicted octanol–water partition coefficient (Wildman–Crippen LogP) is -0.458. The molecule has 3 rings (SSSR count). The summed E-state index contributed by atoms with van der Waals surface area (Å²) in [6.07, 6.45) is 0.00311. The second-order valence-corrected chi connectivity index (χ2v) is 9.36. The van der Waals surface area contributed by atoms with Gasteiger partial charge < -0.3 is 15.3 Å². The van der Waals surface area contributed by atoms with Gasteiger partial charge in [-0.05, 0) is 19.4 Å². The molecule has 25 heavy (non-hydrogen) atoms. The molecule has 134 valence electrons. The number of carboxylic acid groups (broad SMARTS) is 1. The highest BCUT2D eigenvalue weighted by atomic mass is 32.2. The molecule has 0 aliphatic carbocycles. The molecule has 3 atom stereocenters. The monoisotopic (exact) mass is 366 g/mol. The lowest BCUT2D eigenvalue weighted by molar-refractivity contribution is -0.161. The SMILES string of the molecule is CC1(C)C(C(=O)O)N2C(=O)C(NC(=O)Cc3ccccc3)C2S1(=O)=O. The average Bonchev–Trinajstić information content (AvgIpc) is 2.67. The van der Waals surface area contributed by atoms with Crippen LogP contribution in [0.4, 0.5) is 0 Å². The molecule has 9 heteroatoms. The molecule has 0 aromatic heterocycles. The van der Waals surface area contributed by atoms with Crippen LogP contribution in [-0.2, 0) is 30.6 Å². The van der Waals surface area contributed by atoms with Crippen LogP contribution in [-0.4, -0.2) is 58.4 Å². The van der Waals surface area contributed by atoms with Crippen molar-refractivity contribution in [1.29, 1.82) is 0 Å². The Morgan fingerprint density at radius 2 is 1.84 bits per heavy atom. The number of carbonyl (C=O) groups is 3. The number of aliphatic carboxylic acids is 1. The summed E-state index contributed by atoms with van der Waals surface area (Å²) in [5.41, 5.74) is 0.724. The summed E-state index contributed by atoms with van der Waals surface area (Å²) in [5.74, 6) is -2.55. The molecule has 2 N–H and O–H groups in total. The van der Waals surface area contributed by atoms with E-state index < -0.39 is 49.8 Å². The first-order chi connectivity index (χ1) is 11.6. The van der Waals surface area contributed by atoms with Gasteiger partial charge in [0.15, 0.2) is 15.2 Å². The zero-order chi connectivity index (χ0) is 18.6. The van der Waals surface area contributed by atoms with Gasteiger partial charge >= 0.3 is 5.97 Å². The fourth-order valence-electron chi connectivity index (χ4n) is 3.45. The Bertz CT molecular complexity index is 849. The van der Waals surface area contributed by atoms with Gasteiger partial charge in [-0.15, -0.1) is 0 Å². The number of hydrogen-bond donors (Lipinski definition) is 2. The van der Waals surface area contributed by atoms with Gasteiger partial charge in [-0.25, -0.2) is 13.2 Å². The lowest BCUT2D eigenvalue weighted by atomic mass is 9.96. The summed E-state index contributed by atoms with van der Waals surface area (Å²) < 4.78 is 23.7. The fourth-order valence-corrected chi connectivity index (χ4v) is 5.66. The summed E-state index contributed by atoms with van der Waals surface area (Å²) in [6.45, 7) is 2.57. The van der Waals surface area contributed by atoms with Crippen LogP contribution in [0.2, 0.25) is 0 Å². The van der Waals surface area contributed by atoms with Crippen molar-refractivity contribution in [1.82, 2.24) is 10.2 Å². The highest BCUT2D eigenvalue weighted by molar-refractivity contribution is 7.94. The number of nitrogens with one attached hydrogen (secondary N) is 1. The third-order valence-electron chi connectivity index (χ3n) is 4.83. The molecule has 2 aliphatic heterocycles. The molecule has 2 heterocycles. The minimum absolute atomic E-state index is 0.00311. The zero-order valence-corrected chi connectivity index (χ0v) is 14.5. The van der Waals surface area contributed by atoms with Crippen molar-refractivity contribution in [2.45, 2.75) is 42.5 Å². The lowest BCUT2D eigenvalue weighted by Crippen LogP contribution is -2.72. The summed E-state index contributed by atoms with van der Waals surface area (Å²) in [5, 5.41) is 10.4. The molecule has 0 bridgehead atoms. The molecule has 2 saturated heterocycles. The van der Waals surface area contributed by atoms with E-state index in [0.717, 1.165) is 10.5 Å². The first-order valence-electron chi connectivity index (χ1n) is 7.70. The van der Waals surface area contributed by atoms with Crippen LogP contribution in [0.1, 0.15) is 19.4 Å². The molecule has 1 aromatic rings. The molecule has 0 spiro atoms. The fraction of sp³-hybridized carbons (Fsp3) is 0.438. The number of nitrogens with zero attached hydrogens (tertiary/aromatic N) is 1. The standard InChI is InChI=1S/C16H18N2O6S/c1-16(2)12(15(21)22)18-13(20)11(14(18)25(16,23)24)17-10(19)8-9-6-4-3-5-7-9/h3-7,11-12,14H,8H2,1-2H3,(H,17,19)(H,21,22). The Balaban J connectivity index is 1.81. The van der Waals surface area contributed by atoms with Gasteiger partial charge in [0.05, 0.1) is 6.42 Å². The van der Waals surface area contributed by atoms with Crippen LogP contribution in [0.25, 0.3) is 0 Å². The van der Waals surface area contributed by atoms with Gasteiger partial charge in [-0.1, -0.05) is 30.3 Å². The van der Waals surface area contributed by atoms with Gasteiger partial charge in [-0.3, -0.25) is 9.59 Å². The second-order valence-electron chi connectivity index (χ2n) is 6.73. The quantitative estimate of drug-likeness (QED) is 0.696. The number of carbonyl (C=O) groups excluding carboxylic acids is 2. The van der Waals surface area contributed by atoms with Crippen molar-refractivity contribution < 1.29 is 27.9 Å². The van der Waals surface area contributed by atoms with Crippen LogP contribution >= 0.6 is 0 Å². The van der Waals surface area contributed by atoms with Crippen molar-refractivity contribution in [3.05, 3.63) is 35.9 Å². The van der Waals surface area contributed by atoms with Crippen LogP contribution in [0.3, 0.4) is 0 Å². The van der Waals surface area contributed by atoms with E-state index in [9.17, 15) is 27.9 Å². The summed E-state index contributed by atoms with van der Waals surface area (Å²) in [6, 6.07) is 6.10. The molecule has 2 fully saturated rings. The number of amides is 2. The average molecular weight is 366 g/mol. The Morgan fingerprint density at radius 3 is 2.40 bits per heavy atom. The molecule has 2 aliphatic rings. The maximum atomic E-state index is 12.7. The van der Waals surface area contributed by atoms with Crippen molar-refractivity contribution in [3.63, 3.8) is 0 Å². The van der Waals surface area contributed by atoms with Crippen molar-refractivity contribution in [2.75, 3.05) is 0 Å². The van der Waals surface area contributed by atoms with Crippen molar-refractivity contribution in [2.24, 2.45) is 0 Å². The highest BCUT2D eigenvalue weighted by Crippen LogP contribution is 2.45. The summed E-state index contributed by atoms with van der Waals surface area (Å²) in [7, 11) is -3.95. The van der Waals surface area contributed by atoms with Gasteiger partial charge in [0.1, 0.15) is 16.8 Å². The molecular weight excluding hydrogens is 348 g/mol. The highest BCUT2D eigenvalue weighted by Gasteiger charge is 2.72. The van der Waals surface area contributed by atoms with Gasteiger partial charge in [-0.2, -0.15) is 0 Å². The predicted molar refractivity (Wildman–Crippen MR) is 87.1 cm³/mol. The maximum Gasteiger partial charge on any atom is 0.328 e. The molecule has 1 aromatic carbocycles. The first-order valence-corrected chi connectivity index (χ1v) is 9.25. The normalized spacial score (nSPS) is 28.8. The van der Waals surface area contributed by atoms with Crippen molar-refractivity contribution >= 4 is 27.6 Å². The Kier molecular flexibility index (Phi) is 3.86. The maximum absolute atomic E-state index is 12.7. The van der Waals surface area contributed by atoms with E-state index >= 15 is 0 Å². The Morgan fingerprint density at radius 1 is 1.24 bits per heavy atom. The largest absolute Gasteiger partial charge is 0.480 e. The number of benzene rings is 1. The number of carboxylic acids is 1. The Hall–Kier alpha value is -2.42. The van der Waals surface area contributed by atoms with E-state index in [1.165, 1.54) is 13.8 Å². The smallest absolute Gasteiger partial charge is 0.328 e. The van der Waals surface area contributed by atoms with Gasteiger partial charge in [0.2, 0.25) is 11.8 Å². The van der Waals surface area contributed by atoms with E-state index in [-0.39, 0.29) is 6.42 Å². The summed E-state index contributed by atoms with van der Waals surface area (Å²) in [4.78, 5) is 36.8. The number of β-lactam (4-membered cyclic amide) rings is 1. The van der Waals surface area contributed by atoms with Crippen molar-refractivity contribution in [3.8, 4) is 0 Å². The van der Waals surface area contributed by atoms with Crippen LogP contribution < -0.4 is 5.32 Å². The third kappa shape index (κ3) is 2.41. The molecule has 3 unspecified atom stereocenters. The molecule has 0 saturated carbocycles. The van der Waals surface area contributed by atoms with Crippen LogP contribution in [0, 0.1) is 0 Å². The van der Waals surface area contributed by atoms with E-state index in [1.54, 1.807) is 30.3 Å². The Labute approximate surface area is 144 Å². The van der Waals surface area contributed by atoms with Crippen LogP contribution in [0.15, 0.2) is 30.3 Å². The molecular formula is C16H18N2O6S. The molecule has 0 radical (unpaired) electrons. The van der Waals surface area contributed by atoms with E-state index in [2.05, 4.69) is 5.32 Å².